The van der Waals surface area contributed by atoms with Gasteiger partial charge in [-0.3, -0.25) is 0 Å². The van der Waals surface area contributed by atoms with Crippen LogP contribution in [0.4, 0.5) is 13.2 Å². The van der Waals surface area contributed by atoms with E-state index in [0.29, 0.717) is 12.0 Å². The number of hydrogen-bond acceptors (Lipinski definition) is 3. The lowest BCUT2D eigenvalue weighted by Crippen LogP contribution is -2.55. The SMILES string of the molecule is FC(F)(F)c1ccc(O[C@@H]2C[C@H]3CC[C@@H]2NC3)nc1. The summed E-state index contributed by atoms with van der Waals surface area (Å²) in [5.41, 5.74) is -0.747. The second-order valence-corrected chi connectivity index (χ2v) is 5.23. The second-order valence-electron chi connectivity index (χ2n) is 5.23. The summed E-state index contributed by atoms with van der Waals surface area (Å²) in [6, 6.07) is 2.61. The number of nitrogens with zero attached hydrogens (tertiary/aromatic N) is 1. The Labute approximate surface area is 109 Å². The van der Waals surface area contributed by atoms with Gasteiger partial charge in [-0.2, -0.15) is 13.2 Å². The van der Waals surface area contributed by atoms with Crippen LogP contribution in [0, 0.1) is 5.92 Å². The van der Waals surface area contributed by atoms with E-state index in [-0.39, 0.29) is 12.0 Å². The molecule has 104 valence electrons. The first-order chi connectivity index (χ1) is 9.02. The van der Waals surface area contributed by atoms with E-state index in [1.165, 1.54) is 12.5 Å². The second kappa shape index (κ2) is 4.67. The van der Waals surface area contributed by atoms with Crippen LogP contribution in [0.1, 0.15) is 24.8 Å². The molecule has 0 aromatic carbocycles. The predicted molar refractivity (Wildman–Crippen MR) is 62.8 cm³/mol. The van der Waals surface area contributed by atoms with Crippen molar-refractivity contribution in [3.8, 4) is 5.88 Å². The third kappa shape index (κ3) is 2.68. The maximum absolute atomic E-state index is 12.4. The van der Waals surface area contributed by atoms with Crippen LogP contribution in [-0.4, -0.2) is 23.7 Å². The minimum atomic E-state index is -4.35. The molecule has 4 rings (SSSR count). The van der Waals surface area contributed by atoms with E-state index in [1.54, 1.807) is 0 Å². The first-order valence-electron chi connectivity index (χ1n) is 6.45. The minimum Gasteiger partial charge on any atom is -0.473 e. The largest absolute Gasteiger partial charge is 0.473 e. The highest BCUT2D eigenvalue weighted by atomic mass is 19.4. The van der Waals surface area contributed by atoms with E-state index in [0.717, 1.165) is 31.6 Å². The normalized spacial score (nSPS) is 30.4. The molecular weight excluding hydrogens is 257 g/mol. The van der Waals surface area contributed by atoms with Crippen molar-refractivity contribution >= 4 is 0 Å². The molecular formula is C13H15F3N2O. The zero-order valence-electron chi connectivity index (χ0n) is 10.3. The maximum atomic E-state index is 12.4. The third-order valence-electron chi connectivity index (χ3n) is 3.90. The Kier molecular flexibility index (Phi) is 3.12. The predicted octanol–water partition coefficient (Wildman–Crippen LogP) is 2.62. The summed E-state index contributed by atoms with van der Waals surface area (Å²) in [7, 11) is 0. The zero-order chi connectivity index (χ0) is 13.5. The molecule has 6 heteroatoms. The van der Waals surface area contributed by atoms with Crippen molar-refractivity contribution in [2.24, 2.45) is 5.92 Å². The van der Waals surface area contributed by atoms with Crippen LogP contribution >= 0.6 is 0 Å². The van der Waals surface area contributed by atoms with Crippen molar-refractivity contribution in [2.75, 3.05) is 6.54 Å². The van der Waals surface area contributed by atoms with E-state index in [1.807, 2.05) is 0 Å². The molecule has 0 spiro atoms. The number of rotatable bonds is 2. The number of halogens is 3. The molecule has 3 nitrogen and oxygen atoms in total. The van der Waals surface area contributed by atoms with E-state index >= 15 is 0 Å². The molecule has 2 aliphatic heterocycles. The van der Waals surface area contributed by atoms with Gasteiger partial charge in [0, 0.05) is 18.3 Å². The van der Waals surface area contributed by atoms with Crippen molar-refractivity contribution in [3.63, 3.8) is 0 Å². The van der Waals surface area contributed by atoms with Gasteiger partial charge in [0.05, 0.1) is 5.56 Å². The molecule has 0 radical (unpaired) electrons. The highest BCUT2D eigenvalue weighted by molar-refractivity contribution is 5.20. The lowest BCUT2D eigenvalue weighted by Gasteiger charge is -2.42. The number of aromatic nitrogens is 1. The number of alkyl halides is 3. The number of pyridine rings is 1. The van der Waals surface area contributed by atoms with Crippen LogP contribution in [0.25, 0.3) is 0 Å². The summed E-state index contributed by atoms with van der Waals surface area (Å²) in [5.74, 6) is 0.886. The van der Waals surface area contributed by atoms with Gasteiger partial charge in [0.15, 0.2) is 0 Å². The van der Waals surface area contributed by atoms with Gasteiger partial charge in [0.2, 0.25) is 5.88 Å². The Morgan fingerprint density at radius 3 is 2.58 bits per heavy atom. The van der Waals surface area contributed by atoms with Crippen LogP contribution in [0.15, 0.2) is 18.3 Å². The van der Waals surface area contributed by atoms with Gasteiger partial charge in [-0.05, 0) is 37.8 Å². The van der Waals surface area contributed by atoms with Gasteiger partial charge >= 0.3 is 6.18 Å². The van der Waals surface area contributed by atoms with Crippen molar-refractivity contribution in [1.82, 2.24) is 10.3 Å². The van der Waals surface area contributed by atoms with Crippen LogP contribution in [-0.2, 0) is 6.18 Å². The van der Waals surface area contributed by atoms with Gasteiger partial charge < -0.3 is 10.1 Å². The van der Waals surface area contributed by atoms with Gasteiger partial charge in [0.25, 0.3) is 0 Å². The van der Waals surface area contributed by atoms with Crippen LogP contribution in [0.5, 0.6) is 5.88 Å². The van der Waals surface area contributed by atoms with Crippen molar-refractivity contribution in [3.05, 3.63) is 23.9 Å². The summed E-state index contributed by atoms with van der Waals surface area (Å²) in [5, 5.41) is 3.39. The quantitative estimate of drug-likeness (QED) is 0.898. The summed E-state index contributed by atoms with van der Waals surface area (Å²) in [6.07, 6.45) is -0.272. The molecule has 3 atom stereocenters. The lowest BCUT2D eigenvalue weighted by molar-refractivity contribution is -0.137. The number of nitrogens with one attached hydrogen (secondary N) is 1. The average Bonchev–Trinajstić information content (AvgIpc) is 2.40. The first kappa shape index (κ1) is 12.7. The van der Waals surface area contributed by atoms with Crippen molar-refractivity contribution < 1.29 is 17.9 Å². The molecule has 2 bridgehead atoms. The van der Waals surface area contributed by atoms with Crippen LogP contribution in [0.3, 0.4) is 0 Å². The maximum Gasteiger partial charge on any atom is 0.417 e. The Hall–Kier alpha value is -1.30. The van der Waals surface area contributed by atoms with Gasteiger partial charge in [-0.15, -0.1) is 0 Å². The fourth-order valence-corrected chi connectivity index (χ4v) is 2.85. The van der Waals surface area contributed by atoms with Crippen molar-refractivity contribution in [2.45, 2.75) is 37.6 Å². The van der Waals surface area contributed by atoms with Crippen molar-refractivity contribution in [1.29, 1.82) is 0 Å². The number of piperidine rings is 2. The standard InChI is InChI=1S/C13H15F3N2O/c14-13(15,16)9-2-4-12(18-7-9)19-11-5-8-1-3-10(11)17-6-8/h2,4,7-8,10-11,17H,1,3,5-6H2/t8-,10+,11-/m1/s1. The van der Waals surface area contributed by atoms with Crippen LogP contribution in [0.2, 0.25) is 0 Å². The Bertz CT molecular complexity index is 438. The average molecular weight is 272 g/mol. The van der Waals surface area contributed by atoms with Gasteiger partial charge in [-0.1, -0.05) is 0 Å². The van der Waals surface area contributed by atoms with E-state index < -0.39 is 11.7 Å². The number of hydrogen-bond donors (Lipinski definition) is 1. The fourth-order valence-electron chi connectivity index (χ4n) is 2.85. The summed E-state index contributed by atoms with van der Waals surface area (Å²) >= 11 is 0. The molecule has 3 aliphatic rings. The molecule has 1 aromatic rings. The molecule has 1 N–H and O–H groups in total. The molecule has 0 unspecified atom stereocenters. The van der Waals surface area contributed by atoms with E-state index in [2.05, 4.69) is 10.3 Å². The highest BCUT2D eigenvalue weighted by Gasteiger charge is 2.37. The summed E-state index contributed by atoms with van der Waals surface area (Å²) in [6.45, 7) is 1.02. The Morgan fingerprint density at radius 1 is 1.26 bits per heavy atom. The monoisotopic (exact) mass is 272 g/mol. The third-order valence-corrected chi connectivity index (χ3v) is 3.90. The smallest absolute Gasteiger partial charge is 0.417 e. The molecule has 1 saturated carbocycles. The zero-order valence-corrected chi connectivity index (χ0v) is 10.3. The van der Waals surface area contributed by atoms with Gasteiger partial charge in [0.1, 0.15) is 6.10 Å². The number of ether oxygens (including phenoxy) is 1. The summed E-state index contributed by atoms with van der Waals surface area (Å²) < 4.78 is 42.9. The van der Waals surface area contributed by atoms with Gasteiger partial charge in [-0.25, -0.2) is 4.98 Å². The van der Waals surface area contributed by atoms with E-state index in [4.69, 9.17) is 4.74 Å². The molecule has 3 heterocycles. The Morgan fingerprint density at radius 2 is 2.11 bits per heavy atom. The molecule has 1 aliphatic carbocycles. The first-order valence-corrected chi connectivity index (χ1v) is 6.45. The summed E-state index contributed by atoms with van der Waals surface area (Å²) in [4.78, 5) is 3.75. The lowest BCUT2D eigenvalue weighted by atomic mass is 9.79. The Balaban J connectivity index is 1.67. The molecule has 3 fully saturated rings. The molecule has 2 saturated heterocycles. The minimum absolute atomic E-state index is 0.0248. The van der Waals surface area contributed by atoms with Crippen LogP contribution < -0.4 is 10.1 Å². The number of fused-ring (bicyclic) bond motifs is 3. The van der Waals surface area contributed by atoms with E-state index in [9.17, 15) is 13.2 Å². The highest BCUT2D eigenvalue weighted by Crippen LogP contribution is 2.33. The topological polar surface area (TPSA) is 34.1 Å². The fraction of sp³-hybridized carbons (Fsp3) is 0.615. The molecule has 19 heavy (non-hydrogen) atoms. The molecule has 0 amide bonds. The molecule has 1 aromatic heterocycles.